The molecule has 1 aromatic carbocycles. The predicted octanol–water partition coefficient (Wildman–Crippen LogP) is 5.73. The van der Waals surface area contributed by atoms with E-state index in [0.29, 0.717) is 17.9 Å². The van der Waals surface area contributed by atoms with E-state index in [-0.39, 0.29) is 10.8 Å². The molecule has 2 bridgehead atoms. The Morgan fingerprint density at radius 3 is 2.14 bits per heavy atom. The summed E-state index contributed by atoms with van der Waals surface area (Å²) in [6.45, 7) is 8.56. The SMILES string of the molecule is CCCCCc1cc(OC)c(C2=C[C@@]3(C)CC[C@]2(C(=O)O)C3(C)C)c(OC)c1. The molecular weight excluding hydrogens is 352 g/mol. The monoisotopic (exact) mass is 386 g/mol. The lowest BCUT2D eigenvalue weighted by atomic mass is 9.61. The topological polar surface area (TPSA) is 55.8 Å². The molecule has 4 heteroatoms. The van der Waals surface area contributed by atoms with E-state index in [2.05, 4.69) is 45.9 Å². The molecule has 28 heavy (non-hydrogen) atoms. The van der Waals surface area contributed by atoms with Gasteiger partial charge in [0.25, 0.3) is 0 Å². The van der Waals surface area contributed by atoms with Crippen molar-refractivity contribution in [1.29, 1.82) is 0 Å². The van der Waals surface area contributed by atoms with E-state index in [0.717, 1.165) is 30.4 Å². The van der Waals surface area contributed by atoms with Gasteiger partial charge in [0.2, 0.25) is 0 Å². The number of allylic oxidation sites excluding steroid dienone is 1. The molecule has 1 fully saturated rings. The third-order valence-electron chi connectivity index (χ3n) is 7.71. The van der Waals surface area contributed by atoms with Crippen LogP contribution in [-0.4, -0.2) is 25.3 Å². The van der Waals surface area contributed by atoms with Crippen LogP contribution in [0.15, 0.2) is 18.2 Å². The molecule has 1 saturated carbocycles. The Hall–Kier alpha value is -1.97. The molecule has 2 aliphatic rings. The Bertz CT molecular complexity index is 782. The molecule has 1 aromatic rings. The number of hydrogen-bond donors (Lipinski definition) is 1. The molecule has 0 saturated heterocycles. The molecule has 0 spiro atoms. The standard InChI is InChI=1S/C24H34O4/c1-7-8-9-10-16-13-18(27-5)20(19(14-16)28-6)17-15-23(4)11-12-24(17,21(25)26)22(23,2)3/h13-15H,7-12H2,1-6H3,(H,25,26)/t23-,24+/m1/s1. The number of unbranched alkanes of at least 4 members (excludes halogenated alkanes) is 2. The highest BCUT2D eigenvalue weighted by molar-refractivity contribution is 5.99. The van der Waals surface area contributed by atoms with Gasteiger partial charge in [0.05, 0.1) is 25.2 Å². The summed E-state index contributed by atoms with van der Waals surface area (Å²) in [4.78, 5) is 12.6. The van der Waals surface area contributed by atoms with Gasteiger partial charge in [-0.3, -0.25) is 4.79 Å². The minimum atomic E-state index is -0.925. The highest BCUT2D eigenvalue weighted by Crippen LogP contribution is 2.74. The first-order valence-corrected chi connectivity index (χ1v) is 10.4. The van der Waals surface area contributed by atoms with Crippen LogP contribution in [0, 0.1) is 16.2 Å². The largest absolute Gasteiger partial charge is 0.496 e. The zero-order chi connectivity index (χ0) is 20.7. The number of methoxy groups -OCH3 is 2. The number of hydrogen-bond acceptors (Lipinski definition) is 3. The zero-order valence-electron chi connectivity index (χ0n) is 18.1. The predicted molar refractivity (Wildman–Crippen MR) is 112 cm³/mol. The van der Waals surface area contributed by atoms with Crippen molar-refractivity contribution in [2.75, 3.05) is 14.2 Å². The van der Waals surface area contributed by atoms with Crippen LogP contribution in [0.3, 0.4) is 0 Å². The number of fused-ring (bicyclic) bond motifs is 2. The molecule has 0 unspecified atom stereocenters. The molecule has 3 rings (SSSR count). The number of ether oxygens (including phenoxy) is 2. The smallest absolute Gasteiger partial charge is 0.314 e. The van der Waals surface area contributed by atoms with Gasteiger partial charge in [-0.1, -0.05) is 46.6 Å². The van der Waals surface area contributed by atoms with E-state index in [1.807, 2.05) is 0 Å². The Morgan fingerprint density at radius 1 is 1.07 bits per heavy atom. The van der Waals surface area contributed by atoms with Crippen LogP contribution in [0.1, 0.15) is 70.9 Å². The van der Waals surface area contributed by atoms with Crippen LogP contribution >= 0.6 is 0 Å². The molecule has 0 aliphatic heterocycles. The quantitative estimate of drug-likeness (QED) is 0.580. The molecular formula is C24H34O4. The third-order valence-corrected chi connectivity index (χ3v) is 7.71. The van der Waals surface area contributed by atoms with Crippen molar-refractivity contribution in [2.24, 2.45) is 16.2 Å². The third kappa shape index (κ3) is 2.67. The van der Waals surface area contributed by atoms with E-state index in [1.165, 1.54) is 18.4 Å². The van der Waals surface area contributed by atoms with Crippen LogP contribution in [0.25, 0.3) is 5.57 Å². The lowest BCUT2D eigenvalue weighted by Crippen LogP contribution is -2.42. The van der Waals surface area contributed by atoms with Crippen molar-refractivity contribution in [3.8, 4) is 11.5 Å². The maximum absolute atomic E-state index is 12.6. The second kappa shape index (κ2) is 7.13. The van der Waals surface area contributed by atoms with Gasteiger partial charge in [0, 0.05) is 0 Å². The summed E-state index contributed by atoms with van der Waals surface area (Å²) in [5.74, 6) is 0.676. The van der Waals surface area contributed by atoms with Crippen molar-refractivity contribution in [1.82, 2.24) is 0 Å². The number of carboxylic acids is 1. The number of carboxylic acid groups (broad SMARTS) is 1. The number of carbonyl (C=O) groups is 1. The van der Waals surface area contributed by atoms with Gasteiger partial charge >= 0.3 is 5.97 Å². The summed E-state index contributed by atoms with van der Waals surface area (Å²) >= 11 is 0. The van der Waals surface area contributed by atoms with Crippen molar-refractivity contribution in [3.63, 3.8) is 0 Å². The second-order valence-corrected chi connectivity index (χ2v) is 9.14. The van der Waals surface area contributed by atoms with Crippen LogP contribution < -0.4 is 9.47 Å². The number of rotatable bonds is 8. The lowest BCUT2D eigenvalue weighted by molar-refractivity contribution is -0.150. The van der Waals surface area contributed by atoms with Gasteiger partial charge < -0.3 is 14.6 Å². The van der Waals surface area contributed by atoms with Gasteiger partial charge in [-0.25, -0.2) is 0 Å². The molecule has 4 nitrogen and oxygen atoms in total. The molecule has 2 atom stereocenters. The Morgan fingerprint density at radius 2 is 1.68 bits per heavy atom. The van der Waals surface area contributed by atoms with E-state index in [1.54, 1.807) is 14.2 Å². The summed E-state index contributed by atoms with van der Waals surface area (Å²) in [7, 11) is 3.31. The Labute approximate surface area is 168 Å². The highest BCUT2D eigenvalue weighted by Gasteiger charge is 2.70. The van der Waals surface area contributed by atoms with Gasteiger partial charge in [0.1, 0.15) is 11.5 Å². The first kappa shape index (κ1) is 20.8. The van der Waals surface area contributed by atoms with E-state index >= 15 is 0 Å². The highest BCUT2D eigenvalue weighted by atomic mass is 16.5. The summed E-state index contributed by atoms with van der Waals surface area (Å²) in [5.41, 5.74) is 1.37. The van der Waals surface area contributed by atoms with Crippen molar-refractivity contribution >= 4 is 11.5 Å². The summed E-state index contributed by atoms with van der Waals surface area (Å²) in [5, 5.41) is 10.4. The molecule has 0 amide bonds. The maximum atomic E-state index is 12.6. The zero-order valence-corrected chi connectivity index (χ0v) is 18.1. The van der Waals surface area contributed by atoms with Crippen LogP contribution in [-0.2, 0) is 11.2 Å². The van der Waals surface area contributed by atoms with Crippen molar-refractivity contribution < 1.29 is 19.4 Å². The minimum absolute atomic E-state index is 0.156. The Kier molecular flexibility index (Phi) is 5.28. The molecule has 1 N–H and O–H groups in total. The molecule has 0 radical (unpaired) electrons. The van der Waals surface area contributed by atoms with Gasteiger partial charge in [-0.2, -0.15) is 0 Å². The molecule has 0 aromatic heterocycles. The van der Waals surface area contributed by atoms with Crippen molar-refractivity contribution in [3.05, 3.63) is 29.3 Å². The lowest BCUT2D eigenvalue weighted by Gasteiger charge is -2.40. The fraction of sp³-hybridized carbons (Fsp3) is 0.625. The van der Waals surface area contributed by atoms with E-state index < -0.39 is 11.4 Å². The van der Waals surface area contributed by atoms with Crippen LogP contribution in [0.2, 0.25) is 0 Å². The van der Waals surface area contributed by atoms with Gasteiger partial charge in [-0.15, -0.1) is 0 Å². The number of aliphatic carboxylic acids is 1. The van der Waals surface area contributed by atoms with Gasteiger partial charge in [-0.05, 0) is 59.8 Å². The molecule has 0 heterocycles. The number of benzene rings is 1. The fourth-order valence-corrected chi connectivity index (χ4v) is 5.46. The average molecular weight is 387 g/mol. The maximum Gasteiger partial charge on any atom is 0.314 e. The van der Waals surface area contributed by atoms with E-state index in [9.17, 15) is 9.90 Å². The minimum Gasteiger partial charge on any atom is -0.496 e. The summed E-state index contributed by atoms with van der Waals surface area (Å²) < 4.78 is 11.5. The second-order valence-electron chi connectivity index (χ2n) is 9.14. The molecule has 154 valence electrons. The van der Waals surface area contributed by atoms with Crippen molar-refractivity contribution in [2.45, 2.75) is 66.2 Å². The fourth-order valence-electron chi connectivity index (χ4n) is 5.46. The Balaban J connectivity index is 2.17. The normalized spacial score (nSPS) is 27.6. The van der Waals surface area contributed by atoms with E-state index in [4.69, 9.17) is 9.47 Å². The summed E-state index contributed by atoms with van der Waals surface area (Å²) in [6, 6.07) is 4.12. The first-order chi connectivity index (χ1) is 13.2. The molecule has 2 aliphatic carbocycles. The van der Waals surface area contributed by atoms with Crippen LogP contribution in [0.5, 0.6) is 11.5 Å². The average Bonchev–Trinajstić information content (AvgIpc) is 2.97. The number of aryl methyl sites for hydroxylation is 1. The first-order valence-electron chi connectivity index (χ1n) is 10.4. The van der Waals surface area contributed by atoms with Gasteiger partial charge in [0.15, 0.2) is 0 Å². The summed E-state index contributed by atoms with van der Waals surface area (Å²) in [6.07, 6.45) is 8.15. The van der Waals surface area contributed by atoms with Crippen LogP contribution in [0.4, 0.5) is 0 Å².